The van der Waals surface area contributed by atoms with Gasteiger partial charge < -0.3 is 4.74 Å². The van der Waals surface area contributed by atoms with Crippen LogP contribution in [0.5, 0.6) is 5.75 Å². The minimum absolute atomic E-state index is 0.200. The van der Waals surface area contributed by atoms with Crippen LogP contribution in [0.25, 0.3) is 11.6 Å². The van der Waals surface area contributed by atoms with Crippen LogP contribution >= 0.6 is 39.1 Å². The molecule has 3 aromatic rings. The number of hydrogen-bond acceptors (Lipinski definition) is 2. The molecule has 0 aliphatic rings. The second-order valence-corrected chi connectivity index (χ2v) is 7.51. The van der Waals surface area contributed by atoms with Crippen molar-refractivity contribution < 1.29 is 9.13 Å². The van der Waals surface area contributed by atoms with E-state index in [0.29, 0.717) is 25.8 Å². The first kappa shape index (κ1) is 20.4. The van der Waals surface area contributed by atoms with Gasteiger partial charge in [-0.05, 0) is 51.8 Å². The highest BCUT2D eigenvalue weighted by molar-refractivity contribution is 9.10. The number of ether oxygens (including phenoxy) is 1. The smallest absolute Gasteiger partial charge is 0.152 e. The van der Waals surface area contributed by atoms with Crippen molar-refractivity contribution in [2.75, 3.05) is 0 Å². The van der Waals surface area contributed by atoms with Gasteiger partial charge in [-0.25, -0.2) is 4.39 Å². The lowest BCUT2D eigenvalue weighted by Gasteiger charge is -2.12. The molecule has 0 atom stereocenters. The standard InChI is InChI=1S/C22H13BrCl2FNO/c23-18-10-14(9-16(12-27)17-6-2-4-8-21(17)26)11-20(25)22(18)28-13-15-5-1-3-7-19(15)24/h1-11H,13H2/b16-9-. The Hall–Kier alpha value is -2.32. The monoisotopic (exact) mass is 475 g/mol. The van der Waals surface area contributed by atoms with Gasteiger partial charge in [0.05, 0.1) is 21.1 Å². The minimum atomic E-state index is -0.458. The molecule has 0 unspecified atom stereocenters. The molecule has 0 fully saturated rings. The zero-order chi connectivity index (χ0) is 20.1. The molecule has 0 spiro atoms. The molecule has 0 amide bonds. The third kappa shape index (κ3) is 4.74. The number of rotatable bonds is 5. The summed E-state index contributed by atoms with van der Waals surface area (Å²) >= 11 is 16.0. The van der Waals surface area contributed by atoms with E-state index in [1.165, 1.54) is 6.07 Å². The predicted molar refractivity (Wildman–Crippen MR) is 115 cm³/mol. The number of allylic oxidation sites excluding steroid dienone is 1. The summed E-state index contributed by atoms with van der Waals surface area (Å²) in [6.07, 6.45) is 1.58. The predicted octanol–water partition coefficient (Wildman–Crippen LogP) is 7.54. The van der Waals surface area contributed by atoms with E-state index in [0.717, 1.165) is 5.56 Å². The minimum Gasteiger partial charge on any atom is -0.486 e. The largest absolute Gasteiger partial charge is 0.486 e. The number of benzene rings is 3. The highest BCUT2D eigenvalue weighted by Gasteiger charge is 2.12. The van der Waals surface area contributed by atoms with Crippen LogP contribution in [0.4, 0.5) is 4.39 Å². The number of nitriles is 1. The normalized spacial score (nSPS) is 11.2. The molecule has 3 rings (SSSR count). The first-order chi connectivity index (χ1) is 13.5. The summed E-state index contributed by atoms with van der Waals surface area (Å²) < 4.78 is 20.4. The summed E-state index contributed by atoms with van der Waals surface area (Å²) in [5, 5.41) is 10.4. The van der Waals surface area contributed by atoms with Crippen LogP contribution in [0, 0.1) is 17.1 Å². The SMILES string of the molecule is N#C/C(=C/c1cc(Cl)c(OCc2ccccc2Cl)c(Br)c1)c1ccccc1F. The summed E-state index contributed by atoms with van der Waals surface area (Å²) in [6, 6.07) is 19.0. The lowest BCUT2D eigenvalue weighted by molar-refractivity contribution is 0.304. The summed E-state index contributed by atoms with van der Waals surface area (Å²) in [5.74, 6) is 0.00305. The van der Waals surface area contributed by atoms with E-state index in [9.17, 15) is 9.65 Å². The summed E-state index contributed by atoms with van der Waals surface area (Å²) in [7, 11) is 0. The van der Waals surface area contributed by atoms with E-state index in [1.807, 2.05) is 24.3 Å². The molecule has 28 heavy (non-hydrogen) atoms. The van der Waals surface area contributed by atoms with E-state index < -0.39 is 5.82 Å². The molecule has 0 radical (unpaired) electrons. The van der Waals surface area contributed by atoms with Crippen LogP contribution in [0.1, 0.15) is 16.7 Å². The zero-order valence-corrected chi connectivity index (χ0v) is 17.5. The molecule has 0 heterocycles. The molecule has 6 heteroatoms. The Balaban J connectivity index is 1.88. The van der Waals surface area contributed by atoms with Gasteiger partial charge in [0, 0.05) is 16.1 Å². The van der Waals surface area contributed by atoms with Gasteiger partial charge in [-0.15, -0.1) is 0 Å². The van der Waals surface area contributed by atoms with Gasteiger partial charge in [0.25, 0.3) is 0 Å². The van der Waals surface area contributed by atoms with E-state index in [-0.39, 0.29) is 17.7 Å². The molecule has 0 bridgehead atoms. The Morgan fingerprint density at radius 1 is 1.07 bits per heavy atom. The average molecular weight is 477 g/mol. The number of hydrogen-bond donors (Lipinski definition) is 0. The van der Waals surface area contributed by atoms with Crippen LogP contribution in [0.3, 0.4) is 0 Å². The maximum absolute atomic E-state index is 14.0. The zero-order valence-electron chi connectivity index (χ0n) is 14.4. The highest BCUT2D eigenvalue weighted by Crippen LogP contribution is 2.36. The van der Waals surface area contributed by atoms with E-state index in [4.69, 9.17) is 27.9 Å². The third-order valence-corrected chi connectivity index (χ3v) is 5.18. The second kappa shape index (κ2) is 9.25. The van der Waals surface area contributed by atoms with Crippen molar-refractivity contribution in [3.8, 4) is 11.8 Å². The topological polar surface area (TPSA) is 33.0 Å². The maximum atomic E-state index is 14.0. The summed E-state index contributed by atoms with van der Waals surface area (Å²) in [4.78, 5) is 0. The molecule has 140 valence electrons. The van der Waals surface area contributed by atoms with Gasteiger partial charge in [-0.1, -0.05) is 59.6 Å². The molecule has 0 N–H and O–H groups in total. The summed E-state index contributed by atoms with van der Waals surface area (Å²) in [5.41, 5.74) is 1.91. The second-order valence-electron chi connectivity index (χ2n) is 5.84. The van der Waals surface area contributed by atoms with Crippen molar-refractivity contribution in [3.05, 3.63) is 97.7 Å². The number of halogens is 4. The van der Waals surface area contributed by atoms with Crippen LogP contribution in [-0.4, -0.2) is 0 Å². The molecule has 0 saturated heterocycles. The molecule has 3 aromatic carbocycles. The number of nitrogens with zero attached hydrogens (tertiary/aromatic N) is 1. The van der Waals surface area contributed by atoms with E-state index in [2.05, 4.69) is 15.9 Å². The fourth-order valence-corrected chi connectivity index (χ4v) is 3.76. The first-order valence-electron chi connectivity index (χ1n) is 8.21. The van der Waals surface area contributed by atoms with Gasteiger partial charge in [0.15, 0.2) is 5.75 Å². The Labute approximate surface area is 180 Å². The van der Waals surface area contributed by atoms with Gasteiger partial charge in [0.2, 0.25) is 0 Å². The maximum Gasteiger partial charge on any atom is 0.152 e. The highest BCUT2D eigenvalue weighted by atomic mass is 79.9. The van der Waals surface area contributed by atoms with Crippen LogP contribution < -0.4 is 4.74 Å². The molecule has 2 nitrogen and oxygen atoms in total. The van der Waals surface area contributed by atoms with Gasteiger partial charge in [-0.3, -0.25) is 0 Å². The fraction of sp³-hybridized carbons (Fsp3) is 0.0455. The van der Waals surface area contributed by atoms with Gasteiger partial charge in [-0.2, -0.15) is 5.26 Å². The van der Waals surface area contributed by atoms with Crippen molar-refractivity contribution in [2.45, 2.75) is 6.61 Å². The van der Waals surface area contributed by atoms with Gasteiger partial charge in [0.1, 0.15) is 12.4 Å². The Kier molecular flexibility index (Phi) is 6.74. The quantitative estimate of drug-likeness (QED) is 0.281. The first-order valence-corrected chi connectivity index (χ1v) is 9.76. The molecule has 0 aromatic heterocycles. The average Bonchev–Trinajstić information content (AvgIpc) is 2.67. The molecule has 0 saturated carbocycles. The van der Waals surface area contributed by atoms with Crippen molar-refractivity contribution in [3.63, 3.8) is 0 Å². The van der Waals surface area contributed by atoms with Crippen LogP contribution in [0.15, 0.2) is 65.1 Å². The molecule has 0 aliphatic heterocycles. The van der Waals surface area contributed by atoms with E-state index >= 15 is 0 Å². The Morgan fingerprint density at radius 3 is 2.46 bits per heavy atom. The van der Waals surface area contributed by atoms with E-state index in [1.54, 1.807) is 42.5 Å². The van der Waals surface area contributed by atoms with Crippen molar-refractivity contribution in [1.82, 2.24) is 0 Å². The Morgan fingerprint density at radius 2 is 1.79 bits per heavy atom. The fourth-order valence-electron chi connectivity index (χ4n) is 2.58. The van der Waals surface area contributed by atoms with Gasteiger partial charge >= 0.3 is 0 Å². The third-order valence-electron chi connectivity index (χ3n) is 3.95. The van der Waals surface area contributed by atoms with Crippen molar-refractivity contribution >= 4 is 50.8 Å². The summed E-state index contributed by atoms with van der Waals surface area (Å²) in [6.45, 7) is 0.256. The van der Waals surface area contributed by atoms with Crippen molar-refractivity contribution in [1.29, 1.82) is 5.26 Å². The van der Waals surface area contributed by atoms with Crippen LogP contribution in [0.2, 0.25) is 10.0 Å². The lowest BCUT2D eigenvalue weighted by atomic mass is 10.0. The van der Waals surface area contributed by atoms with Crippen LogP contribution in [-0.2, 0) is 6.61 Å². The molecular formula is C22H13BrCl2FNO. The lowest BCUT2D eigenvalue weighted by Crippen LogP contribution is -1.98. The molecular weight excluding hydrogens is 464 g/mol. The van der Waals surface area contributed by atoms with Crippen molar-refractivity contribution in [2.24, 2.45) is 0 Å². The Bertz CT molecular complexity index is 1070. The molecule has 0 aliphatic carbocycles.